The highest BCUT2D eigenvalue weighted by molar-refractivity contribution is 5.67. The zero-order chi connectivity index (χ0) is 11.5. The van der Waals surface area contributed by atoms with Crippen molar-refractivity contribution in [2.24, 2.45) is 5.92 Å². The highest BCUT2D eigenvalue weighted by Gasteiger charge is 2.30. The number of carbonyl (C=O) groups is 1. The molecule has 0 spiro atoms. The second-order valence-electron chi connectivity index (χ2n) is 4.26. The van der Waals surface area contributed by atoms with E-state index in [4.69, 9.17) is 4.74 Å². The molecule has 3 heteroatoms. The first kappa shape index (κ1) is 11.1. The van der Waals surface area contributed by atoms with Crippen molar-refractivity contribution >= 4 is 5.97 Å². The van der Waals surface area contributed by atoms with Crippen LogP contribution in [-0.2, 0) is 9.53 Å². The van der Waals surface area contributed by atoms with Gasteiger partial charge in [0.1, 0.15) is 0 Å². The minimum Gasteiger partial charge on any atom is -0.550 e. The number of ether oxygens (including phenoxy) is 1. The molecule has 1 saturated heterocycles. The second kappa shape index (κ2) is 4.66. The van der Waals surface area contributed by atoms with E-state index in [1.54, 1.807) is 6.92 Å². The molecule has 3 atom stereocenters. The van der Waals surface area contributed by atoms with Crippen molar-refractivity contribution in [2.75, 3.05) is 0 Å². The fourth-order valence-corrected chi connectivity index (χ4v) is 2.10. The quantitative estimate of drug-likeness (QED) is 0.769. The van der Waals surface area contributed by atoms with Gasteiger partial charge in [-0.25, -0.2) is 0 Å². The van der Waals surface area contributed by atoms with Gasteiger partial charge in [-0.15, -0.1) is 0 Å². The van der Waals surface area contributed by atoms with Crippen LogP contribution < -0.4 is 5.11 Å². The van der Waals surface area contributed by atoms with Crippen molar-refractivity contribution in [3.05, 3.63) is 35.9 Å². The zero-order valence-corrected chi connectivity index (χ0v) is 9.26. The number of benzene rings is 1. The molecule has 0 N–H and O–H groups in total. The lowest BCUT2D eigenvalue weighted by Gasteiger charge is -2.21. The average molecular weight is 219 g/mol. The standard InChI is InChI=1S/C13H16O3/c1-9(13(14)15)11-7-8-12(16-11)10-5-3-2-4-6-10/h2-6,9,11-12H,7-8H2,1H3,(H,14,15)/p-1. The van der Waals surface area contributed by atoms with Crippen LogP contribution in [0.4, 0.5) is 0 Å². The van der Waals surface area contributed by atoms with E-state index in [1.807, 2.05) is 30.3 Å². The van der Waals surface area contributed by atoms with Crippen LogP contribution in [0.25, 0.3) is 0 Å². The van der Waals surface area contributed by atoms with Crippen LogP contribution in [-0.4, -0.2) is 12.1 Å². The van der Waals surface area contributed by atoms with Crippen LogP contribution >= 0.6 is 0 Å². The largest absolute Gasteiger partial charge is 0.550 e. The summed E-state index contributed by atoms with van der Waals surface area (Å²) < 4.78 is 5.75. The predicted molar refractivity (Wildman–Crippen MR) is 57.5 cm³/mol. The Balaban J connectivity index is 2.01. The van der Waals surface area contributed by atoms with Gasteiger partial charge in [0.15, 0.2) is 0 Å². The summed E-state index contributed by atoms with van der Waals surface area (Å²) in [5.74, 6) is -1.56. The summed E-state index contributed by atoms with van der Waals surface area (Å²) in [6, 6.07) is 9.91. The van der Waals surface area contributed by atoms with Crippen LogP contribution in [0.3, 0.4) is 0 Å². The SMILES string of the molecule is CC(C(=O)[O-])C1CCC(c2ccccc2)O1. The van der Waals surface area contributed by atoms with Crippen molar-refractivity contribution in [3.63, 3.8) is 0 Å². The molecule has 86 valence electrons. The van der Waals surface area contributed by atoms with Gasteiger partial charge in [-0.05, 0) is 18.4 Å². The van der Waals surface area contributed by atoms with Crippen LogP contribution in [0.5, 0.6) is 0 Å². The molecule has 3 nitrogen and oxygen atoms in total. The molecule has 0 amide bonds. The summed E-state index contributed by atoms with van der Waals surface area (Å²) in [5, 5.41) is 10.7. The summed E-state index contributed by atoms with van der Waals surface area (Å²) in [6.45, 7) is 1.65. The maximum atomic E-state index is 10.7. The summed E-state index contributed by atoms with van der Waals surface area (Å²) in [4.78, 5) is 10.7. The molecule has 0 bridgehead atoms. The Labute approximate surface area is 95.0 Å². The molecule has 0 radical (unpaired) electrons. The van der Waals surface area contributed by atoms with E-state index in [0.717, 1.165) is 18.4 Å². The number of hydrogen-bond donors (Lipinski definition) is 0. The Morgan fingerprint density at radius 3 is 2.69 bits per heavy atom. The summed E-state index contributed by atoms with van der Waals surface area (Å²) in [7, 11) is 0. The molecule has 0 saturated carbocycles. The van der Waals surface area contributed by atoms with Crippen LogP contribution in [0.1, 0.15) is 31.4 Å². The molecule has 1 aromatic rings. The van der Waals surface area contributed by atoms with Crippen molar-refractivity contribution in [2.45, 2.75) is 32.0 Å². The molecular formula is C13H15O3-. The molecule has 16 heavy (non-hydrogen) atoms. The Morgan fingerprint density at radius 1 is 1.38 bits per heavy atom. The van der Waals surface area contributed by atoms with E-state index in [2.05, 4.69) is 0 Å². The molecule has 0 aliphatic carbocycles. The highest BCUT2D eigenvalue weighted by atomic mass is 16.5. The van der Waals surface area contributed by atoms with E-state index < -0.39 is 11.9 Å². The normalized spacial score (nSPS) is 26.6. The van der Waals surface area contributed by atoms with Gasteiger partial charge in [0.05, 0.1) is 12.2 Å². The average Bonchev–Trinajstić information content (AvgIpc) is 2.78. The minimum atomic E-state index is -1.03. The lowest BCUT2D eigenvalue weighted by Crippen LogP contribution is -2.36. The molecule has 1 aliphatic heterocycles. The first-order valence-electron chi connectivity index (χ1n) is 5.59. The zero-order valence-electron chi connectivity index (χ0n) is 9.26. The van der Waals surface area contributed by atoms with Gasteiger partial charge in [-0.3, -0.25) is 0 Å². The summed E-state index contributed by atoms with van der Waals surface area (Å²) >= 11 is 0. The third-order valence-electron chi connectivity index (χ3n) is 3.15. The molecule has 1 aliphatic rings. The third kappa shape index (κ3) is 2.25. The second-order valence-corrected chi connectivity index (χ2v) is 4.26. The van der Waals surface area contributed by atoms with Gasteiger partial charge in [0, 0.05) is 11.9 Å². The first-order valence-corrected chi connectivity index (χ1v) is 5.59. The fraction of sp³-hybridized carbons (Fsp3) is 0.462. The number of aliphatic carboxylic acids is 1. The van der Waals surface area contributed by atoms with Crippen molar-refractivity contribution in [3.8, 4) is 0 Å². The van der Waals surface area contributed by atoms with E-state index in [0.29, 0.717) is 0 Å². The van der Waals surface area contributed by atoms with E-state index in [1.165, 1.54) is 0 Å². The number of rotatable bonds is 3. The highest BCUT2D eigenvalue weighted by Crippen LogP contribution is 2.35. The molecule has 0 aromatic heterocycles. The maximum Gasteiger partial charge on any atom is 0.0830 e. The molecule has 1 heterocycles. The molecule has 1 fully saturated rings. The lowest BCUT2D eigenvalue weighted by molar-refractivity contribution is -0.313. The van der Waals surface area contributed by atoms with Crippen molar-refractivity contribution in [1.82, 2.24) is 0 Å². The van der Waals surface area contributed by atoms with Crippen molar-refractivity contribution < 1.29 is 14.6 Å². The molecule has 1 aromatic carbocycles. The first-order chi connectivity index (χ1) is 7.68. The van der Waals surface area contributed by atoms with E-state index >= 15 is 0 Å². The topological polar surface area (TPSA) is 49.4 Å². The smallest absolute Gasteiger partial charge is 0.0830 e. The minimum absolute atomic E-state index is 0.0352. The molecule has 2 rings (SSSR count). The number of carboxylic acids is 1. The Hall–Kier alpha value is -1.35. The molecule has 3 unspecified atom stereocenters. The Bertz CT molecular complexity index is 361. The Morgan fingerprint density at radius 2 is 2.06 bits per heavy atom. The monoisotopic (exact) mass is 219 g/mol. The summed E-state index contributed by atoms with van der Waals surface area (Å²) in [5.41, 5.74) is 1.12. The van der Waals surface area contributed by atoms with Crippen LogP contribution in [0, 0.1) is 5.92 Å². The fourth-order valence-electron chi connectivity index (χ4n) is 2.10. The Kier molecular flexibility index (Phi) is 3.25. The van der Waals surface area contributed by atoms with Crippen LogP contribution in [0.15, 0.2) is 30.3 Å². The predicted octanol–water partition coefficient (Wildman–Crippen LogP) is 1.29. The van der Waals surface area contributed by atoms with Gasteiger partial charge in [0.25, 0.3) is 0 Å². The van der Waals surface area contributed by atoms with E-state index in [9.17, 15) is 9.90 Å². The van der Waals surface area contributed by atoms with Crippen LogP contribution in [0.2, 0.25) is 0 Å². The maximum absolute atomic E-state index is 10.7. The molecular weight excluding hydrogens is 204 g/mol. The summed E-state index contributed by atoms with van der Waals surface area (Å²) in [6.07, 6.45) is 1.49. The number of carboxylic acid groups (broad SMARTS) is 1. The number of hydrogen-bond acceptors (Lipinski definition) is 3. The van der Waals surface area contributed by atoms with Gasteiger partial charge in [0.2, 0.25) is 0 Å². The number of carbonyl (C=O) groups excluding carboxylic acids is 1. The van der Waals surface area contributed by atoms with Crippen molar-refractivity contribution in [1.29, 1.82) is 0 Å². The third-order valence-corrected chi connectivity index (χ3v) is 3.15. The van der Waals surface area contributed by atoms with Gasteiger partial charge in [-0.1, -0.05) is 37.3 Å². The van der Waals surface area contributed by atoms with Gasteiger partial charge < -0.3 is 14.6 Å². The van der Waals surface area contributed by atoms with Gasteiger partial charge in [-0.2, -0.15) is 0 Å². The van der Waals surface area contributed by atoms with E-state index in [-0.39, 0.29) is 12.2 Å². The lowest BCUT2D eigenvalue weighted by atomic mass is 10.0. The van der Waals surface area contributed by atoms with Gasteiger partial charge >= 0.3 is 0 Å².